The Kier molecular flexibility index (Phi) is 4.72. The third kappa shape index (κ3) is 4.13. The van der Waals surface area contributed by atoms with Gasteiger partial charge in [0, 0.05) is 5.56 Å². The fourth-order valence-electron chi connectivity index (χ4n) is 1.61. The van der Waals surface area contributed by atoms with Gasteiger partial charge in [0.15, 0.2) is 0 Å². The third-order valence-electron chi connectivity index (χ3n) is 2.53. The topological polar surface area (TPSA) is 86.0 Å². The smallest absolute Gasteiger partial charge is 0.211 e. The molecule has 5 nitrogen and oxygen atoms in total. The van der Waals surface area contributed by atoms with E-state index in [9.17, 15) is 0 Å². The van der Waals surface area contributed by atoms with Crippen LogP contribution in [-0.2, 0) is 6.61 Å². The summed E-state index contributed by atoms with van der Waals surface area (Å²) >= 11 is 0. The Bertz CT molecular complexity index is 604. The first-order chi connectivity index (χ1) is 9.75. The molecule has 0 aliphatic heterocycles. The van der Waals surface area contributed by atoms with Gasteiger partial charge < -0.3 is 16.2 Å². The summed E-state index contributed by atoms with van der Waals surface area (Å²) in [7, 11) is 0. The highest BCUT2D eigenvalue weighted by molar-refractivity contribution is 5.84. The number of benzene rings is 2. The highest BCUT2D eigenvalue weighted by Gasteiger charge is 2.00. The van der Waals surface area contributed by atoms with Gasteiger partial charge in [-0.25, -0.2) is 0 Å². The van der Waals surface area contributed by atoms with Crippen LogP contribution in [0.3, 0.4) is 0 Å². The van der Waals surface area contributed by atoms with Crippen molar-refractivity contribution in [1.29, 1.82) is 0 Å². The molecule has 0 amide bonds. The van der Waals surface area contributed by atoms with Gasteiger partial charge in [0.05, 0.1) is 6.21 Å². The van der Waals surface area contributed by atoms with E-state index in [4.69, 9.17) is 16.2 Å². The van der Waals surface area contributed by atoms with Crippen LogP contribution < -0.4 is 16.2 Å². The van der Waals surface area contributed by atoms with Crippen molar-refractivity contribution in [2.45, 2.75) is 6.61 Å². The Morgan fingerprint density at radius 3 is 2.45 bits per heavy atom. The van der Waals surface area contributed by atoms with E-state index in [-0.39, 0.29) is 5.96 Å². The number of nitrogens with two attached hydrogens (primary N) is 2. The normalized spacial score (nSPS) is 10.4. The molecule has 0 bridgehead atoms. The molecule has 0 heterocycles. The number of ether oxygens (including phenoxy) is 1. The highest BCUT2D eigenvalue weighted by Crippen LogP contribution is 2.17. The maximum absolute atomic E-state index is 5.78. The highest BCUT2D eigenvalue weighted by atomic mass is 16.5. The van der Waals surface area contributed by atoms with E-state index in [0.29, 0.717) is 6.61 Å². The average molecular weight is 268 g/mol. The van der Waals surface area contributed by atoms with Crippen LogP contribution in [0.5, 0.6) is 5.75 Å². The van der Waals surface area contributed by atoms with Gasteiger partial charge in [-0.1, -0.05) is 42.5 Å². The molecule has 102 valence electrons. The van der Waals surface area contributed by atoms with Crippen LogP contribution in [0.15, 0.2) is 64.8 Å². The summed E-state index contributed by atoms with van der Waals surface area (Å²) in [4.78, 5) is 0. The zero-order valence-corrected chi connectivity index (χ0v) is 10.9. The van der Waals surface area contributed by atoms with E-state index < -0.39 is 0 Å². The van der Waals surface area contributed by atoms with E-state index >= 15 is 0 Å². The fraction of sp³-hybridized carbons (Fsp3) is 0.0667. The Morgan fingerprint density at radius 1 is 1.00 bits per heavy atom. The van der Waals surface area contributed by atoms with Crippen molar-refractivity contribution in [2.24, 2.45) is 21.7 Å². The minimum atomic E-state index is -0.0797. The molecule has 0 aromatic heterocycles. The van der Waals surface area contributed by atoms with Crippen LogP contribution in [0.25, 0.3) is 0 Å². The van der Waals surface area contributed by atoms with Gasteiger partial charge in [-0.15, -0.1) is 5.10 Å². The molecule has 20 heavy (non-hydrogen) atoms. The summed E-state index contributed by atoms with van der Waals surface area (Å²) < 4.78 is 5.78. The maximum atomic E-state index is 5.78. The van der Waals surface area contributed by atoms with E-state index in [0.717, 1.165) is 16.9 Å². The summed E-state index contributed by atoms with van der Waals surface area (Å²) in [6.45, 7) is 0.494. The second-order valence-corrected chi connectivity index (χ2v) is 4.08. The van der Waals surface area contributed by atoms with E-state index in [1.165, 1.54) is 0 Å². The lowest BCUT2D eigenvalue weighted by molar-refractivity contribution is 0.306. The molecule has 0 radical (unpaired) electrons. The molecule has 5 heteroatoms. The van der Waals surface area contributed by atoms with Crippen molar-refractivity contribution >= 4 is 12.2 Å². The predicted molar refractivity (Wildman–Crippen MR) is 80.6 cm³/mol. The quantitative estimate of drug-likeness (QED) is 0.493. The molecule has 0 saturated heterocycles. The van der Waals surface area contributed by atoms with Crippen LogP contribution in [0.2, 0.25) is 0 Å². The average Bonchev–Trinajstić information content (AvgIpc) is 2.47. The number of guanidine groups is 1. The predicted octanol–water partition coefficient (Wildman–Crippen LogP) is 1.87. The summed E-state index contributed by atoms with van der Waals surface area (Å²) in [6.07, 6.45) is 1.56. The van der Waals surface area contributed by atoms with Gasteiger partial charge >= 0.3 is 0 Å². The molecule has 0 unspecified atom stereocenters. The lowest BCUT2D eigenvalue weighted by Gasteiger charge is -2.08. The van der Waals surface area contributed by atoms with Crippen LogP contribution in [0, 0.1) is 0 Å². The summed E-state index contributed by atoms with van der Waals surface area (Å²) in [5.41, 5.74) is 12.3. The number of nitrogens with zero attached hydrogens (tertiary/aromatic N) is 2. The first-order valence-corrected chi connectivity index (χ1v) is 6.13. The lowest BCUT2D eigenvalue weighted by atomic mass is 10.2. The number of hydrogen-bond donors (Lipinski definition) is 2. The van der Waals surface area contributed by atoms with Crippen molar-refractivity contribution < 1.29 is 4.74 Å². The van der Waals surface area contributed by atoms with Gasteiger partial charge in [0.2, 0.25) is 5.96 Å². The van der Waals surface area contributed by atoms with E-state index in [2.05, 4.69) is 10.2 Å². The molecule has 2 aromatic carbocycles. The zero-order chi connectivity index (χ0) is 14.2. The summed E-state index contributed by atoms with van der Waals surface area (Å²) in [6, 6.07) is 17.5. The standard InChI is InChI=1S/C15H16N4O/c16-15(17)19-18-10-13-8-4-5-9-14(13)20-11-12-6-2-1-3-7-12/h1-10H,11H2,(H4,16,17,19). The third-order valence-corrected chi connectivity index (χ3v) is 2.53. The molecule has 2 rings (SSSR count). The second-order valence-electron chi connectivity index (χ2n) is 4.08. The van der Waals surface area contributed by atoms with Crippen molar-refractivity contribution in [1.82, 2.24) is 0 Å². The Morgan fingerprint density at radius 2 is 1.70 bits per heavy atom. The maximum Gasteiger partial charge on any atom is 0.211 e. The molecule has 0 aliphatic rings. The SMILES string of the molecule is NC(N)=NN=Cc1ccccc1OCc1ccccc1. The first-order valence-electron chi connectivity index (χ1n) is 6.13. The molecular formula is C15H16N4O. The van der Waals surface area contributed by atoms with E-state index in [1.807, 2.05) is 54.6 Å². The molecule has 4 N–H and O–H groups in total. The Hall–Kier alpha value is -2.82. The minimum Gasteiger partial charge on any atom is -0.488 e. The van der Waals surface area contributed by atoms with Crippen molar-refractivity contribution in [3.8, 4) is 5.75 Å². The van der Waals surface area contributed by atoms with Crippen molar-refractivity contribution in [2.75, 3.05) is 0 Å². The van der Waals surface area contributed by atoms with Crippen LogP contribution in [0.4, 0.5) is 0 Å². The van der Waals surface area contributed by atoms with Gasteiger partial charge in [-0.05, 0) is 17.7 Å². The van der Waals surface area contributed by atoms with Gasteiger partial charge in [-0.2, -0.15) is 5.10 Å². The molecule has 0 aliphatic carbocycles. The molecule has 0 fully saturated rings. The summed E-state index contributed by atoms with van der Waals surface area (Å²) in [5.74, 6) is 0.648. The summed E-state index contributed by atoms with van der Waals surface area (Å²) in [5, 5.41) is 7.36. The molecule has 0 atom stereocenters. The zero-order valence-electron chi connectivity index (χ0n) is 10.9. The fourth-order valence-corrected chi connectivity index (χ4v) is 1.61. The van der Waals surface area contributed by atoms with Gasteiger partial charge in [-0.3, -0.25) is 0 Å². The van der Waals surface area contributed by atoms with Crippen LogP contribution >= 0.6 is 0 Å². The Labute approximate surface area is 117 Å². The monoisotopic (exact) mass is 268 g/mol. The van der Waals surface area contributed by atoms with Crippen molar-refractivity contribution in [3.63, 3.8) is 0 Å². The molecule has 0 spiro atoms. The van der Waals surface area contributed by atoms with Crippen LogP contribution in [-0.4, -0.2) is 12.2 Å². The number of para-hydroxylation sites is 1. The van der Waals surface area contributed by atoms with Gasteiger partial charge in [0.25, 0.3) is 0 Å². The number of hydrogen-bond acceptors (Lipinski definition) is 3. The van der Waals surface area contributed by atoms with E-state index in [1.54, 1.807) is 6.21 Å². The molecule has 0 saturated carbocycles. The lowest BCUT2D eigenvalue weighted by Crippen LogP contribution is -2.21. The first kappa shape index (κ1) is 13.6. The minimum absolute atomic E-state index is 0.0797. The molecular weight excluding hydrogens is 252 g/mol. The van der Waals surface area contributed by atoms with Crippen LogP contribution in [0.1, 0.15) is 11.1 Å². The second kappa shape index (κ2) is 6.94. The largest absolute Gasteiger partial charge is 0.488 e. The van der Waals surface area contributed by atoms with Crippen molar-refractivity contribution in [3.05, 3.63) is 65.7 Å². The number of rotatable bonds is 5. The van der Waals surface area contributed by atoms with Gasteiger partial charge in [0.1, 0.15) is 12.4 Å². The molecule has 2 aromatic rings. The Balaban J connectivity index is 2.08.